The number of amides is 2. The molecule has 0 spiro atoms. The highest BCUT2D eigenvalue weighted by molar-refractivity contribution is 7.10. The second kappa shape index (κ2) is 12.8. The van der Waals surface area contributed by atoms with E-state index in [-0.39, 0.29) is 29.9 Å². The molecule has 1 saturated carbocycles. The van der Waals surface area contributed by atoms with E-state index in [0.717, 1.165) is 41.8 Å². The van der Waals surface area contributed by atoms with Crippen LogP contribution >= 0.6 is 11.3 Å². The molecule has 0 saturated heterocycles. The molecule has 0 radical (unpaired) electrons. The minimum Gasteiger partial charge on any atom is -0.494 e. The minimum atomic E-state index is -0.901. The first kappa shape index (κ1) is 27.4. The van der Waals surface area contributed by atoms with Gasteiger partial charge in [0.05, 0.1) is 12.2 Å². The van der Waals surface area contributed by atoms with E-state index in [4.69, 9.17) is 4.74 Å². The lowest BCUT2D eigenvalue weighted by Gasteiger charge is -2.32. The normalized spacial score (nSPS) is 14.4. The largest absolute Gasteiger partial charge is 0.494 e. The van der Waals surface area contributed by atoms with E-state index >= 15 is 0 Å². The lowest BCUT2D eigenvalue weighted by molar-refractivity contribution is -0.127. The van der Waals surface area contributed by atoms with E-state index in [1.165, 1.54) is 22.3 Å². The third-order valence-electron chi connectivity index (χ3n) is 6.81. The van der Waals surface area contributed by atoms with Gasteiger partial charge >= 0.3 is 0 Å². The molecule has 40 heavy (non-hydrogen) atoms. The molecule has 1 aliphatic rings. The highest BCUT2D eigenvalue weighted by Crippen LogP contribution is 2.33. The third-order valence-corrected chi connectivity index (χ3v) is 7.73. The molecule has 1 fully saturated rings. The molecule has 5 rings (SSSR count). The van der Waals surface area contributed by atoms with Crippen molar-refractivity contribution in [3.8, 4) is 17.1 Å². The predicted molar refractivity (Wildman–Crippen MR) is 150 cm³/mol. The summed E-state index contributed by atoms with van der Waals surface area (Å²) in [6.45, 7) is 2.10. The zero-order valence-electron chi connectivity index (χ0n) is 22.2. The first-order chi connectivity index (χ1) is 19.5. The van der Waals surface area contributed by atoms with Crippen LogP contribution in [0.1, 0.15) is 49.9 Å². The zero-order valence-corrected chi connectivity index (χ0v) is 23.0. The standard InChI is InChI=1S/C29H31FN6O3S/c1-2-39-22-16-14-21(15-17-22)36(26(37)19-35-33-28(32-34-35)23-11-6-7-12-24(23)30)27(25-13-8-18-40-25)29(38)31-20-9-4-3-5-10-20/h6-8,11-18,20,27H,2-5,9-10,19H2,1H3,(H,31,38). The number of rotatable bonds is 10. The van der Waals surface area contributed by atoms with Gasteiger partial charge in [-0.05, 0) is 72.8 Å². The molecule has 1 aliphatic carbocycles. The molecule has 0 bridgehead atoms. The molecular weight excluding hydrogens is 531 g/mol. The highest BCUT2D eigenvalue weighted by Gasteiger charge is 2.35. The zero-order chi connectivity index (χ0) is 27.9. The van der Waals surface area contributed by atoms with Crippen LogP contribution in [0.5, 0.6) is 5.75 Å². The molecular formula is C29H31FN6O3S. The van der Waals surface area contributed by atoms with E-state index in [1.54, 1.807) is 42.5 Å². The Hall–Kier alpha value is -4.12. The summed E-state index contributed by atoms with van der Waals surface area (Å²) in [6, 6.07) is 16.1. The van der Waals surface area contributed by atoms with E-state index < -0.39 is 17.8 Å². The van der Waals surface area contributed by atoms with Crippen molar-refractivity contribution >= 4 is 28.8 Å². The Morgan fingerprint density at radius 2 is 1.88 bits per heavy atom. The number of hydrogen-bond donors (Lipinski definition) is 1. The van der Waals surface area contributed by atoms with Crippen LogP contribution in [0.25, 0.3) is 11.4 Å². The summed E-state index contributed by atoms with van der Waals surface area (Å²) in [6.07, 6.45) is 5.14. The maximum Gasteiger partial charge on any atom is 0.251 e. The van der Waals surface area contributed by atoms with Crippen LogP contribution in [0.4, 0.5) is 10.1 Å². The minimum absolute atomic E-state index is 0.0707. The van der Waals surface area contributed by atoms with Crippen molar-refractivity contribution < 1.29 is 18.7 Å². The fraction of sp³-hybridized carbons (Fsp3) is 0.345. The van der Waals surface area contributed by atoms with Crippen LogP contribution in [-0.4, -0.2) is 44.7 Å². The molecule has 11 heteroatoms. The summed E-state index contributed by atoms with van der Waals surface area (Å²) in [5.41, 5.74) is 0.716. The molecule has 1 atom stereocenters. The van der Waals surface area contributed by atoms with Gasteiger partial charge in [0, 0.05) is 16.6 Å². The molecule has 2 amide bonds. The number of hydrogen-bond acceptors (Lipinski definition) is 7. The Morgan fingerprint density at radius 1 is 1.10 bits per heavy atom. The van der Waals surface area contributed by atoms with Gasteiger partial charge in [0.2, 0.25) is 11.7 Å². The molecule has 2 aromatic heterocycles. The molecule has 4 aromatic rings. The van der Waals surface area contributed by atoms with Crippen molar-refractivity contribution in [2.45, 2.75) is 57.7 Å². The Kier molecular flexibility index (Phi) is 8.80. The van der Waals surface area contributed by atoms with Crippen molar-refractivity contribution in [1.82, 2.24) is 25.5 Å². The predicted octanol–water partition coefficient (Wildman–Crippen LogP) is 5.16. The van der Waals surface area contributed by atoms with Gasteiger partial charge in [-0.1, -0.05) is 37.5 Å². The van der Waals surface area contributed by atoms with Crippen LogP contribution in [0.15, 0.2) is 66.0 Å². The summed E-state index contributed by atoms with van der Waals surface area (Å²) in [7, 11) is 0. The number of nitrogens with one attached hydrogen (secondary N) is 1. The van der Waals surface area contributed by atoms with E-state index in [2.05, 4.69) is 20.7 Å². The van der Waals surface area contributed by atoms with Gasteiger partial charge in [-0.25, -0.2) is 4.39 Å². The van der Waals surface area contributed by atoms with Crippen molar-refractivity contribution in [2.24, 2.45) is 0 Å². The SMILES string of the molecule is CCOc1ccc(N(C(=O)Cn2nnc(-c3ccccc3F)n2)C(C(=O)NC2CCCCC2)c2cccs2)cc1. The van der Waals surface area contributed by atoms with Gasteiger partial charge in [0.25, 0.3) is 5.91 Å². The van der Waals surface area contributed by atoms with Crippen molar-refractivity contribution in [3.05, 3.63) is 76.7 Å². The number of benzene rings is 2. The number of nitrogens with zero attached hydrogens (tertiary/aromatic N) is 5. The Bertz CT molecular complexity index is 1420. The van der Waals surface area contributed by atoms with Crippen LogP contribution in [0, 0.1) is 5.82 Å². The molecule has 0 aliphatic heterocycles. The quantitative estimate of drug-likeness (QED) is 0.286. The first-order valence-electron chi connectivity index (χ1n) is 13.4. The Morgan fingerprint density at radius 3 is 2.58 bits per heavy atom. The van der Waals surface area contributed by atoms with E-state index in [1.807, 2.05) is 24.4 Å². The van der Waals surface area contributed by atoms with Crippen molar-refractivity contribution in [2.75, 3.05) is 11.5 Å². The van der Waals surface area contributed by atoms with Gasteiger partial charge < -0.3 is 10.1 Å². The molecule has 208 valence electrons. The van der Waals surface area contributed by atoms with Crippen LogP contribution in [-0.2, 0) is 16.1 Å². The van der Waals surface area contributed by atoms with Crippen LogP contribution in [0.3, 0.4) is 0 Å². The van der Waals surface area contributed by atoms with Crippen LogP contribution < -0.4 is 15.0 Å². The van der Waals surface area contributed by atoms with Crippen LogP contribution in [0.2, 0.25) is 0 Å². The summed E-state index contributed by atoms with van der Waals surface area (Å²) in [4.78, 5) is 31.2. The maximum absolute atomic E-state index is 14.3. The first-order valence-corrected chi connectivity index (χ1v) is 14.3. The average Bonchev–Trinajstić information content (AvgIpc) is 3.66. The second-order valence-electron chi connectivity index (χ2n) is 9.58. The number of thiophene rings is 1. The number of ether oxygens (including phenoxy) is 1. The average molecular weight is 563 g/mol. The Balaban J connectivity index is 1.47. The fourth-order valence-corrected chi connectivity index (χ4v) is 5.72. The van der Waals surface area contributed by atoms with Crippen molar-refractivity contribution in [1.29, 1.82) is 0 Å². The number of carbonyl (C=O) groups is 2. The number of halogens is 1. The molecule has 2 heterocycles. The van der Waals surface area contributed by atoms with E-state index in [9.17, 15) is 14.0 Å². The summed E-state index contributed by atoms with van der Waals surface area (Å²) < 4.78 is 19.9. The smallest absolute Gasteiger partial charge is 0.251 e. The number of carbonyl (C=O) groups excluding carboxylic acids is 2. The van der Waals surface area contributed by atoms with Gasteiger partial charge in [-0.2, -0.15) is 4.80 Å². The Labute approximate surface area is 236 Å². The maximum atomic E-state index is 14.3. The van der Waals surface area contributed by atoms with Gasteiger partial charge in [0.1, 0.15) is 24.2 Å². The monoisotopic (exact) mass is 562 g/mol. The molecule has 9 nitrogen and oxygen atoms in total. The molecule has 2 aromatic carbocycles. The lowest BCUT2D eigenvalue weighted by Crippen LogP contribution is -2.48. The van der Waals surface area contributed by atoms with Crippen molar-refractivity contribution in [3.63, 3.8) is 0 Å². The molecule has 1 unspecified atom stereocenters. The second-order valence-corrected chi connectivity index (χ2v) is 10.6. The lowest BCUT2D eigenvalue weighted by atomic mass is 9.95. The molecule has 1 N–H and O–H groups in total. The summed E-state index contributed by atoms with van der Waals surface area (Å²) >= 11 is 1.41. The third kappa shape index (κ3) is 6.36. The van der Waals surface area contributed by atoms with E-state index in [0.29, 0.717) is 18.0 Å². The summed E-state index contributed by atoms with van der Waals surface area (Å²) in [5.74, 6) is -0.413. The fourth-order valence-electron chi connectivity index (χ4n) is 4.91. The van der Waals surface area contributed by atoms with Gasteiger partial charge in [-0.3, -0.25) is 14.5 Å². The summed E-state index contributed by atoms with van der Waals surface area (Å²) in [5, 5.41) is 17.3. The van der Waals surface area contributed by atoms with Gasteiger partial charge in [0.15, 0.2) is 0 Å². The topological polar surface area (TPSA) is 102 Å². The number of aromatic nitrogens is 4. The number of anilines is 1. The number of tetrazole rings is 1. The van der Waals surface area contributed by atoms with Gasteiger partial charge in [-0.15, -0.1) is 21.5 Å². The highest BCUT2D eigenvalue weighted by atomic mass is 32.1.